The summed E-state index contributed by atoms with van der Waals surface area (Å²) in [6.07, 6.45) is 2.25. The minimum absolute atomic E-state index is 0.220. The van der Waals surface area contributed by atoms with Crippen LogP contribution in [0.15, 0.2) is 11.3 Å². The Morgan fingerprint density at radius 3 is 2.69 bits per heavy atom. The van der Waals surface area contributed by atoms with Gasteiger partial charge in [-0.05, 0) is 25.7 Å². The fourth-order valence-corrected chi connectivity index (χ4v) is 2.09. The number of nitriles is 2. The second-order valence-corrected chi connectivity index (χ2v) is 4.09. The minimum Gasteiger partial charge on any atom is -0.384 e. The molecule has 1 atom stereocenters. The first-order chi connectivity index (χ1) is 7.72. The van der Waals surface area contributed by atoms with Gasteiger partial charge < -0.3 is 9.64 Å². The minimum atomic E-state index is 0.220. The van der Waals surface area contributed by atoms with Crippen LogP contribution in [0.3, 0.4) is 0 Å². The molecule has 1 saturated heterocycles. The maximum atomic E-state index is 8.81. The van der Waals surface area contributed by atoms with Gasteiger partial charge in [0.1, 0.15) is 17.7 Å². The van der Waals surface area contributed by atoms with E-state index in [-0.39, 0.29) is 5.57 Å². The van der Waals surface area contributed by atoms with Crippen molar-refractivity contribution in [1.29, 1.82) is 10.5 Å². The van der Waals surface area contributed by atoms with Gasteiger partial charge in [0.05, 0.1) is 6.61 Å². The summed E-state index contributed by atoms with van der Waals surface area (Å²) in [4.78, 5) is 2.12. The molecule has 1 heterocycles. The Morgan fingerprint density at radius 2 is 2.12 bits per heavy atom. The van der Waals surface area contributed by atoms with Crippen molar-refractivity contribution in [3.8, 4) is 12.1 Å². The number of nitrogens with zero attached hydrogens (tertiary/aromatic N) is 3. The second-order valence-electron chi connectivity index (χ2n) is 4.09. The zero-order valence-electron chi connectivity index (χ0n) is 9.86. The van der Waals surface area contributed by atoms with Crippen LogP contribution in [-0.4, -0.2) is 31.7 Å². The quantitative estimate of drug-likeness (QED) is 0.677. The van der Waals surface area contributed by atoms with E-state index in [1.54, 1.807) is 7.11 Å². The molecule has 16 heavy (non-hydrogen) atoms. The van der Waals surface area contributed by atoms with Crippen molar-refractivity contribution in [3.63, 3.8) is 0 Å². The lowest BCUT2D eigenvalue weighted by Crippen LogP contribution is -2.36. The van der Waals surface area contributed by atoms with Gasteiger partial charge in [-0.1, -0.05) is 0 Å². The molecule has 0 amide bonds. The number of allylic oxidation sites excluding steroid dienone is 2. The van der Waals surface area contributed by atoms with E-state index in [1.165, 1.54) is 0 Å². The predicted molar refractivity (Wildman–Crippen MR) is 60.1 cm³/mol. The summed E-state index contributed by atoms with van der Waals surface area (Å²) < 4.78 is 5.15. The fourth-order valence-electron chi connectivity index (χ4n) is 2.09. The van der Waals surface area contributed by atoms with Gasteiger partial charge in [-0.3, -0.25) is 0 Å². The number of hydrogen-bond donors (Lipinski definition) is 0. The molecule has 0 aliphatic carbocycles. The topological polar surface area (TPSA) is 60.0 Å². The molecule has 1 fully saturated rings. The number of piperidine rings is 1. The molecule has 1 rings (SSSR count). The molecule has 4 heteroatoms. The van der Waals surface area contributed by atoms with Gasteiger partial charge in [-0.2, -0.15) is 10.5 Å². The lowest BCUT2D eigenvalue weighted by molar-refractivity contribution is 0.104. The van der Waals surface area contributed by atoms with Gasteiger partial charge in [0, 0.05) is 25.9 Å². The second kappa shape index (κ2) is 6.15. The van der Waals surface area contributed by atoms with Crippen molar-refractivity contribution in [2.45, 2.75) is 19.8 Å². The summed E-state index contributed by atoms with van der Waals surface area (Å²) in [6.45, 7) is 4.40. The van der Waals surface area contributed by atoms with E-state index in [4.69, 9.17) is 15.3 Å². The molecule has 86 valence electrons. The molecule has 0 N–H and O–H groups in total. The van der Waals surface area contributed by atoms with Crippen LogP contribution in [0.5, 0.6) is 0 Å². The van der Waals surface area contributed by atoms with Crippen LogP contribution < -0.4 is 0 Å². The average molecular weight is 219 g/mol. The first-order valence-electron chi connectivity index (χ1n) is 5.47. The van der Waals surface area contributed by atoms with Crippen molar-refractivity contribution in [1.82, 2.24) is 4.90 Å². The Balaban J connectivity index is 2.71. The first-order valence-corrected chi connectivity index (χ1v) is 5.47. The summed E-state index contributed by atoms with van der Waals surface area (Å²) in [5.41, 5.74) is 1.02. The molecule has 0 bridgehead atoms. The molecule has 1 aliphatic heterocycles. The van der Waals surface area contributed by atoms with Gasteiger partial charge in [-0.15, -0.1) is 0 Å². The number of hydrogen-bond acceptors (Lipinski definition) is 4. The highest BCUT2D eigenvalue weighted by atomic mass is 16.5. The molecular weight excluding hydrogens is 202 g/mol. The number of likely N-dealkylation sites (tertiary alicyclic amines) is 1. The third kappa shape index (κ3) is 2.98. The molecule has 0 spiro atoms. The molecule has 0 unspecified atom stereocenters. The van der Waals surface area contributed by atoms with E-state index >= 15 is 0 Å². The standard InChI is InChI=1S/C12H17N3O/c1-10(12(6-13)7-14)15-5-3-4-11(8-15)9-16-2/h11H,3-5,8-9H2,1-2H3/t11-/m0/s1. The average Bonchev–Trinajstić information content (AvgIpc) is 2.31. The zero-order valence-corrected chi connectivity index (χ0v) is 9.86. The van der Waals surface area contributed by atoms with Crippen molar-refractivity contribution in [2.24, 2.45) is 5.92 Å². The highest BCUT2D eigenvalue weighted by Crippen LogP contribution is 2.21. The van der Waals surface area contributed by atoms with Crippen molar-refractivity contribution >= 4 is 0 Å². The van der Waals surface area contributed by atoms with E-state index in [2.05, 4.69) is 4.90 Å². The van der Waals surface area contributed by atoms with Gasteiger partial charge >= 0.3 is 0 Å². The molecular formula is C12H17N3O. The maximum absolute atomic E-state index is 8.81. The van der Waals surface area contributed by atoms with E-state index in [0.29, 0.717) is 5.92 Å². The highest BCUT2D eigenvalue weighted by molar-refractivity contribution is 5.38. The Morgan fingerprint density at radius 1 is 1.44 bits per heavy atom. The molecule has 0 saturated carbocycles. The molecule has 4 nitrogen and oxygen atoms in total. The lowest BCUT2D eigenvalue weighted by atomic mass is 9.98. The van der Waals surface area contributed by atoms with Crippen LogP contribution in [0.2, 0.25) is 0 Å². The third-order valence-corrected chi connectivity index (χ3v) is 2.98. The SMILES string of the molecule is COC[C@H]1CCCN(C(C)=C(C#N)C#N)C1. The number of rotatable bonds is 3. The Hall–Kier alpha value is -1.52. The number of methoxy groups -OCH3 is 1. The summed E-state index contributed by atoms with van der Waals surface area (Å²) in [7, 11) is 1.71. The van der Waals surface area contributed by atoms with Gasteiger partial charge in [0.2, 0.25) is 0 Å². The van der Waals surface area contributed by atoms with E-state index in [0.717, 1.165) is 38.2 Å². The highest BCUT2D eigenvalue weighted by Gasteiger charge is 2.21. The van der Waals surface area contributed by atoms with Gasteiger partial charge in [0.25, 0.3) is 0 Å². The Labute approximate surface area is 96.7 Å². The fraction of sp³-hybridized carbons (Fsp3) is 0.667. The number of ether oxygens (including phenoxy) is 1. The van der Waals surface area contributed by atoms with E-state index in [1.807, 2.05) is 19.1 Å². The predicted octanol–water partition coefficient (Wildman–Crippen LogP) is 1.67. The summed E-state index contributed by atoms with van der Waals surface area (Å²) >= 11 is 0. The monoisotopic (exact) mass is 219 g/mol. The largest absolute Gasteiger partial charge is 0.384 e. The maximum Gasteiger partial charge on any atom is 0.148 e. The van der Waals surface area contributed by atoms with Crippen molar-refractivity contribution in [3.05, 3.63) is 11.3 Å². The van der Waals surface area contributed by atoms with Crippen LogP contribution in [-0.2, 0) is 4.74 Å². The van der Waals surface area contributed by atoms with E-state index in [9.17, 15) is 0 Å². The smallest absolute Gasteiger partial charge is 0.148 e. The molecule has 1 aliphatic rings. The van der Waals surface area contributed by atoms with Crippen LogP contribution in [0.25, 0.3) is 0 Å². The summed E-state index contributed by atoms with van der Waals surface area (Å²) in [6, 6.07) is 3.88. The molecule has 0 radical (unpaired) electrons. The zero-order chi connectivity index (χ0) is 12.0. The molecule has 0 aromatic carbocycles. The summed E-state index contributed by atoms with van der Waals surface area (Å²) in [5, 5.41) is 17.6. The third-order valence-electron chi connectivity index (χ3n) is 2.98. The summed E-state index contributed by atoms with van der Waals surface area (Å²) in [5.74, 6) is 0.507. The van der Waals surface area contributed by atoms with Crippen LogP contribution in [0.4, 0.5) is 0 Å². The van der Waals surface area contributed by atoms with Gasteiger partial charge in [0.15, 0.2) is 0 Å². The van der Waals surface area contributed by atoms with Crippen LogP contribution in [0, 0.1) is 28.6 Å². The normalized spacial score (nSPS) is 19.8. The molecule has 0 aromatic rings. The van der Waals surface area contributed by atoms with E-state index < -0.39 is 0 Å². The van der Waals surface area contributed by atoms with Crippen molar-refractivity contribution in [2.75, 3.05) is 26.8 Å². The van der Waals surface area contributed by atoms with Crippen LogP contribution in [0.1, 0.15) is 19.8 Å². The van der Waals surface area contributed by atoms with Gasteiger partial charge in [-0.25, -0.2) is 0 Å². The van der Waals surface area contributed by atoms with Crippen LogP contribution >= 0.6 is 0 Å². The molecule has 0 aromatic heterocycles. The lowest BCUT2D eigenvalue weighted by Gasteiger charge is -2.34. The first kappa shape index (κ1) is 12.5. The Bertz CT molecular complexity index is 330. The van der Waals surface area contributed by atoms with Crippen molar-refractivity contribution < 1.29 is 4.74 Å². The Kier molecular flexibility index (Phi) is 4.82.